The number of hydrogen-bond donors (Lipinski definition) is 2. The van der Waals surface area contributed by atoms with Crippen molar-refractivity contribution in [3.05, 3.63) is 159 Å². The van der Waals surface area contributed by atoms with E-state index in [0.717, 1.165) is 26.7 Å². The van der Waals surface area contributed by atoms with Gasteiger partial charge in [0.05, 0.1) is 43.5 Å². The molecule has 0 atom stereocenters. The van der Waals surface area contributed by atoms with Gasteiger partial charge < -0.3 is 48.8 Å². The van der Waals surface area contributed by atoms with E-state index in [9.17, 15) is 34.0 Å². The summed E-state index contributed by atoms with van der Waals surface area (Å²) in [5.74, 6) is -0.0444. The van der Waals surface area contributed by atoms with Gasteiger partial charge in [-0.1, -0.05) is 264 Å². The number of amides is 5. The molecule has 0 saturated heterocycles. The SMILES string of the molecule is C.C.C.CC.CC.CC.CC.CC.CC.CC.CC.CC.CC.CN(C)C(=O)c1ccccc1Br.COC(=O)N(C)C(C)(C)c1ccccc1-c1ccccc1C(=O)N(C)C.COC(=O)N(C)C(C)(C)c1ccccc1B(O)O.COC(=O)N(C)C(C)(C)c1ccccc1C. The summed E-state index contributed by atoms with van der Waals surface area (Å²) in [5, 5.41) is 18.7. The smallest absolute Gasteiger partial charge is 0.453 e. The monoisotopic (exact) mass is 1400 g/mol. The van der Waals surface area contributed by atoms with Crippen LogP contribution in [0.5, 0.6) is 0 Å². The number of aryl methyl sites for hydroxylation is 1. The van der Waals surface area contributed by atoms with Crippen molar-refractivity contribution in [1.29, 1.82) is 0 Å². The Morgan fingerprint density at radius 3 is 0.947 bits per heavy atom. The lowest BCUT2D eigenvalue weighted by molar-refractivity contribution is 0.0820. The van der Waals surface area contributed by atoms with Gasteiger partial charge in [-0.2, -0.15) is 0 Å². The third-order valence-electron chi connectivity index (χ3n) is 12.5. The first kappa shape index (κ1) is 116. The Morgan fingerprint density at radius 2 is 0.621 bits per heavy atom. The van der Waals surface area contributed by atoms with Gasteiger partial charge in [0.15, 0.2) is 0 Å². The molecule has 0 heterocycles. The molecule has 0 aliphatic rings. The van der Waals surface area contributed by atoms with Crippen molar-refractivity contribution in [2.45, 2.75) is 226 Å². The molecular weight excluding hydrogens is 1260 g/mol. The molecule has 0 unspecified atom stereocenters. The maximum Gasteiger partial charge on any atom is 0.488 e. The summed E-state index contributed by atoms with van der Waals surface area (Å²) in [6.45, 7) is 53.6. The van der Waals surface area contributed by atoms with Crippen molar-refractivity contribution in [2.24, 2.45) is 0 Å². The minimum atomic E-state index is -1.58. The van der Waals surface area contributed by atoms with Crippen molar-refractivity contribution >= 4 is 58.6 Å². The van der Waals surface area contributed by atoms with E-state index in [1.807, 2.05) is 278 Å². The van der Waals surface area contributed by atoms with Gasteiger partial charge in [0, 0.05) is 59.4 Å². The Morgan fingerprint density at radius 1 is 0.368 bits per heavy atom. The highest BCUT2D eigenvalue weighted by Gasteiger charge is 2.35. The van der Waals surface area contributed by atoms with Gasteiger partial charge in [-0.15, -0.1) is 0 Å². The molecule has 5 rings (SSSR count). The lowest BCUT2D eigenvalue weighted by Gasteiger charge is -2.36. The van der Waals surface area contributed by atoms with E-state index in [-0.39, 0.29) is 45.7 Å². The third kappa shape index (κ3) is 39.8. The van der Waals surface area contributed by atoms with Crippen molar-refractivity contribution in [2.75, 3.05) is 70.7 Å². The average Bonchev–Trinajstić information content (AvgIpc) is 0.791. The minimum absolute atomic E-state index is 0. The highest BCUT2D eigenvalue weighted by atomic mass is 79.9. The Kier molecular flexibility index (Phi) is 83.6. The van der Waals surface area contributed by atoms with Gasteiger partial charge >= 0.3 is 25.4 Å². The molecule has 0 radical (unpaired) electrons. The topological polar surface area (TPSA) is 170 Å². The molecule has 0 aliphatic heterocycles. The first-order valence-corrected chi connectivity index (χ1v) is 33.7. The lowest BCUT2D eigenvalue weighted by atomic mass is 9.72. The first-order valence-electron chi connectivity index (χ1n) is 32.9. The third-order valence-corrected chi connectivity index (χ3v) is 13.2. The quantitative estimate of drug-likeness (QED) is 0.101. The van der Waals surface area contributed by atoms with Crippen molar-refractivity contribution in [3.63, 3.8) is 0 Å². The molecule has 95 heavy (non-hydrogen) atoms. The average molecular weight is 1400 g/mol. The molecule has 552 valence electrons. The van der Waals surface area contributed by atoms with E-state index < -0.39 is 30.4 Å². The molecule has 0 saturated carbocycles. The summed E-state index contributed by atoms with van der Waals surface area (Å²) >= 11 is 3.32. The second-order valence-corrected chi connectivity index (χ2v) is 19.4. The van der Waals surface area contributed by atoms with Crippen LogP contribution in [0.4, 0.5) is 14.4 Å². The van der Waals surface area contributed by atoms with Gasteiger partial charge in [0.2, 0.25) is 0 Å². The van der Waals surface area contributed by atoms with Gasteiger partial charge in [0.1, 0.15) is 0 Å². The van der Waals surface area contributed by atoms with Crippen LogP contribution < -0.4 is 5.46 Å². The Hall–Kier alpha value is -6.69. The fraction of sp³-hybridized carbons (Fsp3) is 0.551. The molecule has 0 bridgehead atoms. The largest absolute Gasteiger partial charge is 0.488 e. The molecule has 17 heteroatoms. The van der Waals surface area contributed by atoms with E-state index in [2.05, 4.69) is 20.7 Å². The van der Waals surface area contributed by atoms with Crippen molar-refractivity contribution in [3.8, 4) is 11.1 Å². The highest BCUT2D eigenvalue weighted by molar-refractivity contribution is 9.10. The zero-order valence-electron chi connectivity index (χ0n) is 64.9. The Labute approximate surface area is 595 Å². The number of hydrogen-bond acceptors (Lipinski definition) is 10. The van der Waals surface area contributed by atoms with Crippen LogP contribution in [-0.2, 0) is 30.8 Å². The summed E-state index contributed by atoms with van der Waals surface area (Å²) in [7, 11) is 14.5. The molecule has 0 spiro atoms. The zero-order chi connectivity index (χ0) is 74.9. The molecule has 0 aliphatic carbocycles. The Bertz CT molecular complexity index is 2630. The number of benzene rings is 5. The molecule has 0 aromatic heterocycles. The second kappa shape index (κ2) is 68.7. The van der Waals surface area contributed by atoms with Crippen LogP contribution in [0, 0.1) is 6.92 Å². The molecular formula is C78H145BBrN5O10. The number of nitrogens with zero attached hydrogens (tertiary/aromatic N) is 5. The maximum atomic E-state index is 12.6. The fourth-order valence-corrected chi connectivity index (χ4v) is 7.90. The van der Waals surface area contributed by atoms with Crippen LogP contribution in [0.3, 0.4) is 0 Å². The predicted molar refractivity (Wildman–Crippen MR) is 423 cm³/mol. The van der Waals surface area contributed by atoms with Crippen LogP contribution in [0.15, 0.2) is 126 Å². The molecule has 5 amide bonds. The van der Waals surface area contributed by atoms with Crippen LogP contribution >= 0.6 is 15.9 Å². The number of carbonyl (C=O) groups is 5. The van der Waals surface area contributed by atoms with E-state index in [1.165, 1.54) is 31.8 Å². The molecule has 0 fully saturated rings. The number of carbonyl (C=O) groups excluding carboxylic acids is 5. The van der Waals surface area contributed by atoms with Crippen LogP contribution in [0.1, 0.15) is 245 Å². The first-order chi connectivity index (χ1) is 43.6. The van der Waals surface area contributed by atoms with Crippen molar-refractivity contribution < 1.29 is 48.2 Å². The Balaban J connectivity index is -0.0000000896. The predicted octanol–water partition coefficient (Wildman–Crippen LogP) is 21.5. The zero-order valence-corrected chi connectivity index (χ0v) is 66.5. The number of halogens is 1. The normalized spacial score (nSPS) is 8.80. The fourth-order valence-electron chi connectivity index (χ4n) is 7.45. The van der Waals surface area contributed by atoms with E-state index in [1.54, 1.807) is 99.3 Å². The summed E-state index contributed by atoms with van der Waals surface area (Å²) in [6.07, 6.45) is -1.22. The summed E-state index contributed by atoms with van der Waals surface area (Å²) in [5.41, 5.74) is 5.63. The van der Waals surface area contributed by atoms with Gasteiger partial charge in [-0.3, -0.25) is 9.59 Å². The van der Waals surface area contributed by atoms with Crippen LogP contribution in [-0.4, -0.2) is 142 Å². The molecule has 5 aromatic carbocycles. The maximum absolute atomic E-state index is 12.6. The molecule has 5 aromatic rings. The lowest BCUT2D eigenvalue weighted by Crippen LogP contribution is -2.48. The second-order valence-electron chi connectivity index (χ2n) is 18.5. The minimum Gasteiger partial charge on any atom is -0.453 e. The summed E-state index contributed by atoms with van der Waals surface area (Å²) < 4.78 is 15.2. The van der Waals surface area contributed by atoms with Crippen LogP contribution in [0.25, 0.3) is 11.1 Å². The van der Waals surface area contributed by atoms with E-state index in [4.69, 9.17) is 9.47 Å². The van der Waals surface area contributed by atoms with Gasteiger partial charge in [-0.05, 0) is 121 Å². The molecule has 15 nitrogen and oxygen atoms in total. The highest BCUT2D eigenvalue weighted by Crippen LogP contribution is 2.37. The van der Waals surface area contributed by atoms with Gasteiger partial charge in [0.25, 0.3) is 11.8 Å². The van der Waals surface area contributed by atoms with Crippen molar-refractivity contribution in [1.82, 2.24) is 24.5 Å². The number of methoxy groups -OCH3 is 3. The van der Waals surface area contributed by atoms with E-state index >= 15 is 0 Å². The standard InChI is InChI=1S/C21H26N2O3.C13H19NO2.C12H18BNO4.C9H10BrNO.10C2H6.3CH4/c1-21(2,23(5)20(25)26-6)18-14-10-9-12-16(18)15-11-7-8-13-17(15)19(24)22(3)4;1-10-8-6-7-9-11(10)13(2,3)14(4)12(15)16-5;1-12(2,14(3)11(15)18-4)9-7-5-6-8-10(9)13(16)17;1-11(2)9(12)7-5-3-4-6-8(7)10;10*1-2;;;/h7-14H,1-6H3;6-9H,1-5H3;5-8,16-17H,1-4H3;3-6H,1-2H3;10*1-2H3;3*1H4. The molecule has 2 N–H and O–H groups in total. The number of ether oxygens (including phenoxy) is 3. The van der Waals surface area contributed by atoms with E-state index in [0.29, 0.717) is 22.2 Å². The van der Waals surface area contributed by atoms with Gasteiger partial charge in [-0.25, -0.2) is 14.4 Å². The number of rotatable bonds is 10. The van der Waals surface area contributed by atoms with Crippen LogP contribution in [0.2, 0.25) is 0 Å². The summed E-state index contributed by atoms with van der Waals surface area (Å²) in [6, 6.07) is 37.7. The summed E-state index contributed by atoms with van der Waals surface area (Å²) in [4.78, 5) is 67.0.